The van der Waals surface area contributed by atoms with Gasteiger partial charge in [-0.1, -0.05) is 29.8 Å². The van der Waals surface area contributed by atoms with E-state index in [1.165, 1.54) is 0 Å². The Morgan fingerprint density at radius 1 is 1.21 bits per heavy atom. The van der Waals surface area contributed by atoms with E-state index < -0.39 is 0 Å². The van der Waals surface area contributed by atoms with Crippen LogP contribution >= 0.6 is 11.6 Å². The molecule has 5 heteroatoms. The summed E-state index contributed by atoms with van der Waals surface area (Å²) in [6, 6.07) is 13.3. The number of anilines is 1. The van der Waals surface area contributed by atoms with Gasteiger partial charge in [-0.15, -0.1) is 0 Å². The molecule has 3 rings (SSSR count). The number of ether oxygens (including phenoxy) is 1. The molecule has 2 aromatic rings. The van der Waals surface area contributed by atoms with E-state index in [1.54, 1.807) is 6.07 Å². The zero-order chi connectivity index (χ0) is 16.9. The number of nitrogens with one attached hydrogen (secondary N) is 1. The predicted octanol–water partition coefficient (Wildman–Crippen LogP) is 3.73. The van der Waals surface area contributed by atoms with E-state index >= 15 is 0 Å². The summed E-state index contributed by atoms with van der Waals surface area (Å²) < 4.78 is 5.37. The summed E-state index contributed by atoms with van der Waals surface area (Å²) in [6.07, 6.45) is 0. The summed E-state index contributed by atoms with van der Waals surface area (Å²) in [4.78, 5) is 14.8. The van der Waals surface area contributed by atoms with Gasteiger partial charge in [-0.05, 0) is 42.3 Å². The van der Waals surface area contributed by atoms with Crippen molar-refractivity contribution in [2.75, 3.05) is 31.6 Å². The van der Waals surface area contributed by atoms with Crippen LogP contribution in [0, 0.1) is 6.92 Å². The molecule has 1 amide bonds. The van der Waals surface area contributed by atoms with Crippen molar-refractivity contribution in [3.05, 3.63) is 64.2 Å². The zero-order valence-corrected chi connectivity index (χ0v) is 14.5. The van der Waals surface area contributed by atoms with Gasteiger partial charge in [0.25, 0.3) is 5.91 Å². The van der Waals surface area contributed by atoms with Crippen molar-refractivity contribution < 1.29 is 9.53 Å². The Hall–Kier alpha value is -1.88. The number of rotatable bonds is 4. The van der Waals surface area contributed by atoms with Gasteiger partial charge in [-0.25, -0.2) is 0 Å². The molecule has 0 aliphatic carbocycles. The number of aryl methyl sites for hydroxylation is 1. The lowest BCUT2D eigenvalue weighted by Gasteiger charge is -2.26. The fraction of sp³-hybridized carbons (Fsp3) is 0.316. The molecule has 1 heterocycles. The number of carbonyl (C=O) groups excluding carboxylic acids is 1. The standard InChI is InChI=1S/C19H21ClN2O2/c1-14-5-6-17(12-18(14)20)21-19(23)16-4-2-3-15(11-16)13-22-7-9-24-10-8-22/h2-6,11-12H,7-10,13H2,1H3,(H,21,23). The molecule has 1 saturated heterocycles. The summed E-state index contributed by atoms with van der Waals surface area (Å²) in [6.45, 7) is 6.17. The van der Waals surface area contributed by atoms with E-state index in [4.69, 9.17) is 16.3 Å². The third-order valence-electron chi connectivity index (χ3n) is 4.13. The van der Waals surface area contributed by atoms with Crippen LogP contribution in [0.1, 0.15) is 21.5 Å². The van der Waals surface area contributed by atoms with Crippen LogP contribution in [0.15, 0.2) is 42.5 Å². The van der Waals surface area contributed by atoms with Crippen molar-refractivity contribution in [3.8, 4) is 0 Å². The van der Waals surface area contributed by atoms with Gasteiger partial charge in [-0.2, -0.15) is 0 Å². The largest absolute Gasteiger partial charge is 0.379 e. The maximum atomic E-state index is 12.5. The highest BCUT2D eigenvalue weighted by atomic mass is 35.5. The Kier molecular flexibility index (Phi) is 5.51. The van der Waals surface area contributed by atoms with Crippen molar-refractivity contribution in [2.45, 2.75) is 13.5 Å². The van der Waals surface area contributed by atoms with Gasteiger partial charge in [0.1, 0.15) is 0 Å². The first-order valence-corrected chi connectivity index (χ1v) is 8.46. The van der Waals surface area contributed by atoms with E-state index in [9.17, 15) is 4.79 Å². The summed E-state index contributed by atoms with van der Waals surface area (Å²) in [5, 5.41) is 3.55. The smallest absolute Gasteiger partial charge is 0.255 e. The van der Waals surface area contributed by atoms with Crippen molar-refractivity contribution in [3.63, 3.8) is 0 Å². The number of morpholine rings is 1. The predicted molar refractivity (Wildman–Crippen MR) is 96.7 cm³/mol. The van der Waals surface area contributed by atoms with E-state index in [2.05, 4.69) is 16.3 Å². The molecule has 4 nitrogen and oxygen atoms in total. The van der Waals surface area contributed by atoms with Crippen LogP contribution in [0.3, 0.4) is 0 Å². The van der Waals surface area contributed by atoms with Gasteiger partial charge < -0.3 is 10.1 Å². The molecule has 0 spiro atoms. The molecule has 1 aliphatic heterocycles. The summed E-state index contributed by atoms with van der Waals surface area (Å²) >= 11 is 6.11. The Morgan fingerprint density at radius 3 is 2.75 bits per heavy atom. The molecule has 0 unspecified atom stereocenters. The monoisotopic (exact) mass is 344 g/mol. The average Bonchev–Trinajstić information content (AvgIpc) is 2.59. The second-order valence-electron chi connectivity index (χ2n) is 6.01. The molecule has 0 saturated carbocycles. The van der Waals surface area contributed by atoms with Gasteiger partial charge in [0.2, 0.25) is 0 Å². The molecule has 0 atom stereocenters. The molecule has 2 aromatic carbocycles. The van der Waals surface area contributed by atoms with Crippen molar-refractivity contribution in [1.29, 1.82) is 0 Å². The zero-order valence-electron chi connectivity index (χ0n) is 13.7. The molecule has 0 radical (unpaired) electrons. The first-order chi connectivity index (χ1) is 11.6. The molecule has 1 N–H and O–H groups in total. The minimum absolute atomic E-state index is 0.126. The Bertz CT molecular complexity index is 727. The van der Waals surface area contributed by atoms with Gasteiger partial charge in [-0.3, -0.25) is 9.69 Å². The van der Waals surface area contributed by atoms with Crippen LogP contribution in [0.4, 0.5) is 5.69 Å². The quantitative estimate of drug-likeness (QED) is 0.918. The molecule has 126 valence electrons. The molecule has 1 fully saturated rings. The number of halogens is 1. The molecule has 0 aromatic heterocycles. The molecule has 24 heavy (non-hydrogen) atoms. The lowest BCUT2D eigenvalue weighted by molar-refractivity contribution is 0.0342. The van der Waals surface area contributed by atoms with Crippen LogP contribution in [-0.4, -0.2) is 37.1 Å². The van der Waals surface area contributed by atoms with Crippen LogP contribution in [0.25, 0.3) is 0 Å². The van der Waals surface area contributed by atoms with Crippen molar-refractivity contribution in [1.82, 2.24) is 4.90 Å². The topological polar surface area (TPSA) is 41.6 Å². The maximum Gasteiger partial charge on any atom is 0.255 e. The van der Waals surface area contributed by atoms with Gasteiger partial charge >= 0.3 is 0 Å². The number of carbonyl (C=O) groups is 1. The first-order valence-electron chi connectivity index (χ1n) is 8.08. The Morgan fingerprint density at radius 2 is 2.00 bits per heavy atom. The highest BCUT2D eigenvalue weighted by Gasteiger charge is 2.12. The van der Waals surface area contributed by atoms with Gasteiger partial charge in [0, 0.05) is 35.9 Å². The maximum absolute atomic E-state index is 12.5. The van der Waals surface area contributed by atoms with E-state index in [-0.39, 0.29) is 5.91 Å². The minimum Gasteiger partial charge on any atom is -0.379 e. The summed E-state index contributed by atoms with van der Waals surface area (Å²) in [5.74, 6) is -0.126. The first kappa shape index (κ1) is 17.0. The molecule has 1 aliphatic rings. The Labute approximate surface area is 147 Å². The number of hydrogen-bond donors (Lipinski definition) is 1. The third kappa shape index (κ3) is 4.35. The van der Waals surface area contributed by atoms with Gasteiger partial charge in [0.05, 0.1) is 13.2 Å². The fourth-order valence-electron chi connectivity index (χ4n) is 2.70. The second kappa shape index (κ2) is 7.79. The molecular weight excluding hydrogens is 324 g/mol. The van der Waals surface area contributed by atoms with Crippen molar-refractivity contribution >= 4 is 23.2 Å². The van der Waals surface area contributed by atoms with E-state index in [0.29, 0.717) is 16.3 Å². The lowest BCUT2D eigenvalue weighted by Crippen LogP contribution is -2.35. The minimum atomic E-state index is -0.126. The summed E-state index contributed by atoms with van der Waals surface area (Å²) in [7, 11) is 0. The second-order valence-corrected chi connectivity index (χ2v) is 6.41. The van der Waals surface area contributed by atoms with Crippen LogP contribution in [0.2, 0.25) is 5.02 Å². The SMILES string of the molecule is Cc1ccc(NC(=O)c2cccc(CN3CCOCC3)c2)cc1Cl. The van der Waals surface area contributed by atoms with Gasteiger partial charge in [0.15, 0.2) is 0 Å². The Balaban J connectivity index is 1.68. The fourth-order valence-corrected chi connectivity index (χ4v) is 2.88. The highest BCUT2D eigenvalue weighted by Crippen LogP contribution is 2.20. The number of hydrogen-bond acceptors (Lipinski definition) is 3. The van der Waals surface area contributed by atoms with Crippen LogP contribution in [0.5, 0.6) is 0 Å². The lowest BCUT2D eigenvalue weighted by atomic mass is 10.1. The highest BCUT2D eigenvalue weighted by molar-refractivity contribution is 6.31. The van der Waals surface area contributed by atoms with Crippen LogP contribution < -0.4 is 5.32 Å². The number of amides is 1. The van der Waals surface area contributed by atoms with Crippen LogP contribution in [-0.2, 0) is 11.3 Å². The normalized spacial score (nSPS) is 15.2. The molecular formula is C19H21ClN2O2. The van der Waals surface area contributed by atoms with Crippen molar-refractivity contribution in [2.24, 2.45) is 0 Å². The molecule has 0 bridgehead atoms. The van der Waals surface area contributed by atoms with E-state index in [1.807, 2.05) is 37.3 Å². The summed E-state index contributed by atoms with van der Waals surface area (Å²) in [5.41, 5.74) is 3.47. The number of benzene rings is 2. The van der Waals surface area contributed by atoms with E-state index in [0.717, 1.165) is 44.0 Å². The number of nitrogens with zero attached hydrogens (tertiary/aromatic N) is 1. The average molecular weight is 345 g/mol. The third-order valence-corrected chi connectivity index (χ3v) is 4.54.